The molecule has 128 valence electrons. The predicted molar refractivity (Wildman–Crippen MR) is 81.3 cm³/mol. The lowest BCUT2D eigenvalue weighted by Gasteiger charge is -2.31. The number of oxime groups is 1. The Bertz CT molecular complexity index is 496. The van der Waals surface area contributed by atoms with Crippen molar-refractivity contribution in [2.45, 2.75) is 38.8 Å². The Morgan fingerprint density at radius 1 is 1.30 bits per heavy atom. The maximum atomic E-state index is 12.5. The topological polar surface area (TPSA) is 50.6 Å². The van der Waals surface area contributed by atoms with Gasteiger partial charge in [-0.15, -0.1) is 0 Å². The molecule has 0 unspecified atom stereocenters. The smallest absolute Gasteiger partial charge is 0.396 e. The van der Waals surface area contributed by atoms with Crippen LogP contribution in [-0.4, -0.2) is 35.9 Å². The number of piperidine rings is 1. The average Bonchev–Trinajstić information content (AvgIpc) is 2.55. The summed E-state index contributed by atoms with van der Waals surface area (Å²) >= 11 is 0. The molecule has 5 nitrogen and oxygen atoms in total. The Morgan fingerprint density at radius 2 is 1.96 bits per heavy atom. The number of nitrogens with zero attached hydrogens (tertiary/aromatic N) is 4. The van der Waals surface area contributed by atoms with Crippen LogP contribution >= 0.6 is 0 Å². The van der Waals surface area contributed by atoms with Crippen LogP contribution in [0.4, 0.5) is 19.1 Å². The minimum absolute atomic E-state index is 0.361. The monoisotopic (exact) mass is 330 g/mol. The third-order valence-corrected chi connectivity index (χ3v) is 3.81. The van der Waals surface area contributed by atoms with Crippen molar-refractivity contribution in [2.24, 2.45) is 11.1 Å². The van der Waals surface area contributed by atoms with Gasteiger partial charge in [0.25, 0.3) is 0 Å². The van der Waals surface area contributed by atoms with Gasteiger partial charge in [0.1, 0.15) is 6.61 Å². The third kappa shape index (κ3) is 5.37. The van der Waals surface area contributed by atoms with Gasteiger partial charge < -0.3 is 9.74 Å². The first-order chi connectivity index (χ1) is 11.0. The van der Waals surface area contributed by atoms with E-state index < -0.39 is 11.7 Å². The van der Waals surface area contributed by atoms with E-state index >= 15 is 0 Å². The average molecular weight is 330 g/mol. The van der Waals surface area contributed by atoms with E-state index in [1.54, 1.807) is 6.21 Å². The molecule has 1 aliphatic rings. The summed E-state index contributed by atoms with van der Waals surface area (Å²) in [4.78, 5) is 14.8. The Hall–Kier alpha value is -1.86. The van der Waals surface area contributed by atoms with Crippen molar-refractivity contribution >= 4 is 12.2 Å². The predicted octanol–water partition coefficient (Wildman–Crippen LogP) is 3.51. The van der Waals surface area contributed by atoms with Crippen LogP contribution in [-0.2, 0) is 11.0 Å². The number of hydrogen-bond donors (Lipinski definition) is 0. The van der Waals surface area contributed by atoms with Crippen LogP contribution in [0.1, 0.15) is 38.2 Å². The summed E-state index contributed by atoms with van der Waals surface area (Å²) in [5, 5.41) is 3.82. The second-order valence-electron chi connectivity index (χ2n) is 5.52. The van der Waals surface area contributed by atoms with Crippen LogP contribution in [0.5, 0.6) is 0 Å². The number of hydrogen-bond acceptors (Lipinski definition) is 5. The number of aromatic nitrogens is 2. The summed E-state index contributed by atoms with van der Waals surface area (Å²) in [5.41, 5.74) is -0.819. The minimum Gasteiger partial charge on any atom is -0.396 e. The third-order valence-electron chi connectivity index (χ3n) is 3.81. The molecule has 0 bridgehead atoms. The first-order valence-electron chi connectivity index (χ1n) is 7.78. The van der Waals surface area contributed by atoms with Gasteiger partial charge in [-0.2, -0.15) is 13.2 Å². The number of halogens is 3. The fraction of sp³-hybridized carbons (Fsp3) is 0.667. The molecule has 0 atom stereocenters. The molecule has 8 heteroatoms. The first kappa shape index (κ1) is 17.5. The van der Waals surface area contributed by atoms with Gasteiger partial charge in [-0.25, -0.2) is 9.97 Å². The van der Waals surface area contributed by atoms with Crippen molar-refractivity contribution in [3.63, 3.8) is 0 Å². The minimum atomic E-state index is -4.40. The van der Waals surface area contributed by atoms with Gasteiger partial charge in [0, 0.05) is 31.7 Å². The Balaban J connectivity index is 1.77. The molecule has 0 aromatic carbocycles. The molecule has 1 aromatic rings. The summed E-state index contributed by atoms with van der Waals surface area (Å²) in [6.45, 7) is 4.08. The summed E-state index contributed by atoms with van der Waals surface area (Å²) < 4.78 is 37.5. The van der Waals surface area contributed by atoms with Crippen molar-refractivity contribution in [2.75, 3.05) is 24.6 Å². The molecule has 0 amide bonds. The highest BCUT2D eigenvalue weighted by molar-refractivity contribution is 5.55. The number of rotatable bonds is 6. The van der Waals surface area contributed by atoms with E-state index in [4.69, 9.17) is 4.84 Å². The van der Waals surface area contributed by atoms with Gasteiger partial charge in [-0.05, 0) is 31.6 Å². The van der Waals surface area contributed by atoms with Gasteiger partial charge in [-0.1, -0.05) is 12.1 Å². The maximum Gasteiger partial charge on any atom is 0.419 e. The lowest BCUT2D eigenvalue weighted by atomic mass is 9.94. The van der Waals surface area contributed by atoms with Crippen LogP contribution in [0, 0.1) is 5.92 Å². The molecular formula is C15H21F3N4O. The van der Waals surface area contributed by atoms with E-state index in [1.165, 1.54) is 0 Å². The zero-order chi connectivity index (χ0) is 16.7. The molecule has 0 saturated carbocycles. The first-order valence-corrected chi connectivity index (χ1v) is 7.78. The largest absolute Gasteiger partial charge is 0.419 e. The van der Waals surface area contributed by atoms with Crippen LogP contribution < -0.4 is 4.90 Å². The fourth-order valence-corrected chi connectivity index (χ4v) is 2.45. The standard InChI is InChI=1S/C15H21F3N4O/c1-2-6-21-23-9-5-12-3-7-22(8-4-12)14-19-10-13(11-20-14)15(16,17)18/h6,10-12H,2-5,7-9H2,1H3. The van der Waals surface area contributed by atoms with E-state index in [0.29, 0.717) is 18.5 Å². The van der Waals surface area contributed by atoms with Crippen molar-refractivity contribution in [3.8, 4) is 0 Å². The fourth-order valence-electron chi connectivity index (χ4n) is 2.45. The molecule has 0 N–H and O–H groups in total. The van der Waals surface area contributed by atoms with Crippen LogP contribution in [0.3, 0.4) is 0 Å². The molecule has 0 aliphatic carbocycles. The second-order valence-corrected chi connectivity index (χ2v) is 5.52. The van der Waals surface area contributed by atoms with Crippen molar-refractivity contribution in [3.05, 3.63) is 18.0 Å². The second kappa shape index (κ2) is 8.12. The van der Waals surface area contributed by atoms with Crippen LogP contribution in [0.15, 0.2) is 17.5 Å². The molecule has 0 spiro atoms. The molecule has 1 aromatic heterocycles. The number of alkyl halides is 3. The van der Waals surface area contributed by atoms with Gasteiger partial charge in [0.15, 0.2) is 0 Å². The maximum absolute atomic E-state index is 12.5. The molecule has 2 heterocycles. The summed E-state index contributed by atoms with van der Waals surface area (Å²) in [6, 6.07) is 0. The zero-order valence-corrected chi connectivity index (χ0v) is 13.1. The van der Waals surface area contributed by atoms with E-state index in [1.807, 2.05) is 11.8 Å². The van der Waals surface area contributed by atoms with E-state index in [0.717, 1.165) is 51.2 Å². The highest BCUT2D eigenvalue weighted by Crippen LogP contribution is 2.29. The van der Waals surface area contributed by atoms with E-state index in [2.05, 4.69) is 15.1 Å². The molecule has 23 heavy (non-hydrogen) atoms. The van der Waals surface area contributed by atoms with Crippen molar-refractivity contribution in [1.29, 1.82) is 0 Å². The van der Waals surface area contributed by atoms with Crippen LogP contribution in [0.25, 0.3) is 0 Å². The Morgan fingerprint density at radius 3 is 2.52 bits per heavy atom. The van der Waals surface area contributed by atoms with Crippen molar-refractivity contribution < 1.29 is 18.0 Å². The molecular weight excluding hydrogens is 309 g/mol. The van der Waals surface area contributed by atoms with Gasteiger partial charge in [0.2, 0.25) is 5.95 Å². The Kier molecular flexibility index (Phi) is 6.18. The zero-order valence-electron chi connectivity index (χ0n) is 13.1. The molecule has 1 saturated heterocycles. The Labute approximate surface area is 133 Å². The summed E-state index contributed by atoms with van der Waals surface area (Å²) in [5.74, 6) is 0.901. The normalized spacial score (nSPS) is 17.0. The highest BCUT2D eigenvalue weighted by Gasteiger charge is 2.31. The van der Waals surface area contributed by atoms with E-state index in [9.17, 15) is 13.2 Å². The SMILES string of the molecule is CCC=NOCCC1CCN(c2ncc(C(F)(F)F)cn2)CC1. The van der Waals surface area contributed by atoms with Crippen LogP contribution in [0.2, 0.25) is 0 Å². The van der Waals surface area contributed by atoms with Gasteiger partial charge in [0.05, 0.1) is 5.56 Å². The van der Waals surface area contributed by atoms with E-state index in [-0.39, 0.29) is 0 Å². The summed E-state index contributed by atoms with van der Waals surface area (Å²) in [7, 11) is 0. The molecule has 1 aliphatic heterocycles. The molecule has 2 rings (SSSR count). The molecule has 0 radical (unpaired) electrons. The lowest BCUT2D eigenvalue weighted by Crippen LogP contribution is -2.35. The number of anilines is 1. The lowest BCUT2D eigenvalue weighted by molar-refractivity contribution is -0.138. The van der Waals surface area contributed by atoms with Gasteiger partial charge in [-0.3, -0.25) is 0 Å². The molecule has 1 fully saturated rings. The quantitative estimate of drug-likeness (QED) is 0.455. The highest BCUT2D eigenvalue weighted by atomic mass is 19.4. The van der Waals surface area contributed by atoms with Gasteiger partial charge >= 0.3 is 6.18 Å². The van der Waals surface area contributed by atoms with Crippen molar-refractivity contribution in [1.82, 2.24) is 9.97 Å². The summed E-state index contributed by atoms with van der Waals surface area (Å²) in [6.07, 6.45) is 2.70.